The van der Waals surface area contributed by atoms with Crippen LogP contribution in [0.3, 0.4) is 0 Å². The van der Waals surface area contributed by atoms with E-state index in [0.29, 0.717) is 5.92 Å². The zero-order valence-corrected chi connectivity index (χ0v) is 18.1. The number of nitro groups is 1. The van der Waals surface area contributed by atoms with E-state index in [1.54, 1.807) is 23.5 Å². The first kappa shape index (κ1) is 20.5. The molecular weight excluding hydrogens is 394 g/mol. The van der Waals surface area contributed by atoms with Gasteiger partial charge in [0.2, 0.25) is 0 Å². The summed E-state index contributed by atoms with van der Waals surface area (Å²) in [4.78, 5) is 16.6. The molecule has 30 heavy (non-hydrogen) atoms. The highest BCUT2D eigenvalue weighted by Gasteiger charge is 2.18. The van der Waals surface area contributed by atoms with Crippen LogP contribution in [0.15, 0.2) is 58.9 Å². The molecule has 0 spiro atoms. The summed E-state index contributed by atoms with van der Waals surface area (Å²) in [6, 6.07) is 15.3. The minimum atomic E-state index is -0.353. The summed E-state index contributed by atoms with van der Waals surface area (Å²) in [6.07, 6.45) is 7.47. The molecule has 3 aromatic rings. The Kier molecular flexibility index (Phi) is 6.43. The molecule has 0 radical (unpaired) electrons. The Bertz CT molecular complexity index is 1060. The molecule has 4 rings (SSSR count). The second-order valence-corrected chi connectivity index (χ2v) is 8.79. The fourth-order valence-electron chi connectivity index (χ4n) is 4.12. The van der Waals surface area contributed by atoms with Crippen LogP contribution in [0, 0.1) is 16.0 Å². The van der Waals surface area contributed by atoms with E-state index in [2.05, 4.69) is 41.1 Å². The number of thiazole rings is 1. The summed E-state index contributed by atoms with van der Waals surface area (Å²) in [5.41, 5.74) is 4.47. The molecule has 6 heteroatoms. The van der Waals surface area contributed by atoms with Gasteiger partial charge < -0.3 is 4.57 Å². The molecule has 1 aliphatic carbocycles. The second kappa shape index (κ2) is 9.39. The Morgan fingerprint density at radius 3 is 2.40 bits per heavy atom. The lowest BCUT2D eigenvalue weighted by Crippen LogP contribution is -2.22. The third-order valence-electron chi connectivity index (χ3n) is 5.91. The maximum absolute atomic E-state index is 11.0. The van der Waals surface area contributed by atoms with Crippen LogP contribution >= 0.6 is 11.3 Å². The number of hydrogen-bond acceptors (Lipinski definition) is 4. The summed E-state index contributed by atoms with van der Waals surface area (Å²) in [5, 5.41) is 13.1. The van der Waals surface area contributed by atoms with Crippen LogP contribution in [0.1, 0.15) is 44.6 Å². The van der Waals surface area contributed by atoms with Crippen LogP contribution in [0.4, 0.5) is 11.4 Å². The van der Waals surface area contributed by atoms with E-state index in [-0.39, 0.29) is 10.6 Å². The predicted octanol–water partition coefficient (Wildman–Crippen LogP) is 6.50. The van der Waals surface area contributed by atoms with Crippen molar-refractivity contribution in [1.82, 2.24) is 4.57 Å². The Morgan fingerprint density at radius 1 is 1.07 bits per heavy atom. The maximum Gasteiger partial charge on any atom is 0.269 e. The zero-order chi connectivity index (χ0) is 20.9. The van der Waals surface area contributed by atoms with Gasteiger partial charge in [0.15, 0.2) is 4.80 Å². The minimum Gasteiger partial charge on any atom is -0.316 e. The first-order chi connectivity index (χ1) is 14.6. The van der Waals surface area contributed by atoms with Gasteiger partial charge in [-0.25, -0.2) is 4.99 Å². The van der Waals surface area contributed by atoms with Crippen LogP contribution in [-0.4, -0.2) is 9.49 Å². The molecule has 0 amide bonds. The van der Waals surface area contributed by atoms with E-state index in [4.69, 9.17) is 4.99 Å². The van der Waals surface area contributed by atoms with Crippen molar-refractivity contribution in [2.75, 3.05) is 0 Å². The topological polar surface area (TPSA) is 60.4 Å². The maximum atomic E-state index is 11.0. The summed E-state index contributed by atoms with van der Waals surface area (Å²) in [5.74, 6) is 0.659. The molecular formula is C24H27N3O2S. The highest BCUT2D eigenvalue weighted by atomic mass is 32.1. The number of nitro benzene ring substituents is 1. The van der Waals surface area contributed by atoms with Crippen molar-refractivity contribution in [1.29, 1.82) is 0 Å². The number of non-ortho nitro benzene ring substituents is 1. The summed E-state index contributed by atoms with van der Waals surface area (Å²) < 4.78 is 2.32. The van der Waals surface area contributed by atoms with Crippen LogP contribution in [-0.2, 0) is 13.0 Å². The largest absolute Gasteiger partial charge is 0.316 e. The smallest absolute Gasteiger partial charge is 0.269 e. The van der Waals surface area contributed by atoms with Gasteiger partial charge >= 0.3 is 0 Å². The predicted molar refractivity (Wildman–Crippen MR) is 122 cm³/mol. The van der Waals surface area contributed by atoms with Crippen LogP contribution in [0.5, 0.6) is 0 Å². The molecule has 1 heterocycles. The highest BCUT2D eigenvalue weighted by molar-refractivity contribution is 7.07. The molecule has 0 saturated heterocycles. The molecule has 0 aliphatic heterocycles. The van der Waals surface area contributed by atoms with E-state index in [0.717, 1.165) is 34.7 Å². The second-order valence-electron chi connectivity index (χ2n) is 7.95. The average molecular weight is 422 g/mol. The molecule has 0 atom stereocenters. The van der Waals surface area contributed by atoms with E-state index >= 15 is 0 Å². The summed E-state index contributed by atoms with van der Waals surface area (Å²) in [7, 11) is 0. The van der Waals surface area contributed by atoms with Crippen molar-refractivity contribution in [3.05, 3.63) is 74.4 Å². The van der Waals surface area contributed by atoms with Crippen molar-refractivity contribution in [2.24, 2.45) is 10.9 Å². The fraction of sp³-hybridized carbons (Fsp3) is 0.375. The molecule has 156 valence electrons. The SMILES string of the molecule is CCc1ccc(N=c2scc(-c3ccc([N+](=O)[O-])cc3)n2CC2CCCCC2)cc1. The zero-order valence-electron chi connectivity index (χ0n) is 17.3. The Labute approximate surface area is 180 Å². The number of aromatic nitrogens is 1. The molecule has 1 aliphatic rings. The molecule has 0 unspecified atom stereocenters. The monoisotopic (exact) mass is 421 g/mol. The molecule has 1 saturated carbocycles. The van der Waals surface area contributed by atoms with E-state index < -0.39 is 0 Å². The quantitative estimate of drug-likeness (QED) is 0.337. The van der Waals surface area contributed by atoms with Gasteiger partial charge in [-0.3, -0.25) is 10.1 Å². The van der Waals surface area contributed by atoms with E-state index in [9.17, 15) is 10.1 Å². The Hall–Kier alpha value is -2.73. The van der Waals surface area contributed by atoms with Gasteiger partial charge in [0.1, 0.15) is 0 Å². The van der Waals surface area contributed by atoms with Crippen molar-refractivity contribution in [3.8, 4) is 11.3 Å². The molecule has 2 aromatic carbocycles. The lowest BCUT2D eigenvalue weighted by atomic mass is 9.89. The van der Waals surface area contributed by atoms with Crippen molar-refractivity contribution >= 4 is 22.7 Å². The van der Waals surface area contributed by atoms with Gasteiger partial charge in [-0.1, -0.05) is 38.3 Å². The lowest BCUT2D eigenvalue weighted by molar-refractivity contribution is -0.384. The Balaban J connectivity index is 1.73. The number of aryl methyl sites for hydroxylation is 1. The third-order valence-corrected chi connectivity index (χ3v) is 6.77. The standard InChI is InChI=1S/C24H27N3O2S/c1-2-18-8-12-21(13-9-18)25-24-26(16-19-6-4-3-5-7-19)23(17-30-24)20-10-14-22(15-11-20)27(28)29/h8-15,17,19H,2-7,16H2,1H3. The van der Waals surface area contributed by atoms with E-state index in [1.165, 1.54) is 37.7 Å². The number of nitrogens with zero attached hydrogens (tertiary/aromatic N) is 3. The van der Waals surface area contributed by atoms with Gasteiger partial charge in [0.25, 0.3) is 5.69 Å². The first-order valence-electron chi connectivity index (χ1n) is 10.7. The molecule has 0 bridgehead atoms. The summed E-state index contributed by atoms with van der Waals surface area (Å²) in [6.45, 7) is 3.10. The van der Waals surface area contributed by atoms with Crippen molar-refractivity contribution in [2.45, 2.75) is 52.0 Å². The molecule has 0 N–H and O–H groups in total. The number of rotatable bonds is 6. The van der Waals surface area contributed by atoms with Crippen LogP contribution < -0.4 is 4.80 Å². The van der Waals surface area contributed by atoms with Gasteiger partial charge in [0.05, 0.1) is 16.3 Å². The van der Waals surface area contributed by atoms with E-state index in [1.807, 2.05) is 12.1 Å². The molecule has 1 fully saturated rings. The van der Waals surface area contributed by atoms with Gasteiger partial charge in [-0.2, -0.15) is 0 Å². The van der Waals surface area contributed by atoms with Crippen molar-refractivity contribution in [3.63, 3.8) is 0 Å². The molecule has 1 aromatic heterocycles. The van der Waals surface area contributed by atoms with Gasteiger partial charge in [-0.05, 0) is 60.6 Å². The third kappa shape index (κ3) is 4.70. The highest BCUT2D eigenvalue weighted by Crippen LogP contribution is 2.29. The summed E-state index contributed by atoms with van der Waals surface area (Å²) >= 11 is 1.64. The first-order valence-corrected chi connectivity index (χ1v) is 11.6. The fourth-order valence-corrected chi connectivity index (χ4v) is 5.06. The van der Waals surface area contributed by atoms with Crippen LogP contribution in [0.2, 0.25) is 0 Å². The normalized spacial score (nSPS) is 15.4. The Morgan fingerprint density at radius 2 is 1.77 bits per heavy atom. The van der Waals surface area contributed by atoms with Gasteiger partial charge in [0, 0.05) is 24.1 Å². The molecule has 5 nitrogen and oxygen atoms in total. The average Bonchev–Trinajstić information content (AvgIpc) is 3.17. The van der Waals surface area contributed by atoms with Crippen LogP contribution in [0.25, 0.3) is 11.3 Å². The lowest BCUT2D eigenvalue weighted by Gasteiger charge is -2.23. The van der Waals surface area contributed by atoms with Crippen molar-refractivity contribution < 1.29 is 4.92 Å². The number of hydrogen-bond donors (Lipinski definition) is 0. The minimum absolute atomic E-state index is 0.119. The number of benzene rings is 2. The van der Waals surface area contributed by atoms with Gasteiger partial charge in [-0.15, -0.1) is 11.3 Å².